The number of aromatic nitrogens is 4. The smallest absolute Gasteiger partial charge is 0.295 e. The van der Waals surface area contributed by atoms with Crippen LogP contribution in [0.5, 0.6) is 0 Å². The minimum Gasteiger partial charge on any atom is -0.379 e. The number of hydrogen-bond acceptors (Lipinski definition) is 13. The summed E-state index contributed by atoms with van der Waals surface area (Å²) in [6.45, 7) is 11.1. The predicted molar refractivity (Wildman–Crippen MR) is 153 cm³/mol. The van der Waals surface area contributed by atoms with Crippen molar-refractivity contribution >= 4 is 11.5 Å². The van der Waals surface area contributed by atoms with Crippen molar-refractivity contribution in [1.29, 1.82) is 0 Å². The molecule has 0 aliphatic carbocycles. The zero-order chi connectivity index (χ0) is 29.2. The van der Waals surface area contributed by atoms with Crippen molar-refractivity contribution in [2.24, 2.45) is 0 Å². The van der Waals surface area contributed by atoms with Crippen LogP contribution in [0.2, 0.25) is 0 Å². The van der Waals surface area contributed by atoms with E-state index in [-0.39, 0.29) is 12.5 Å². The van der Waals surface area contributed by atoms with E-state index in [0.717, 1.165) is 31.8 Å². The summed E-state index contributed by atoms with van der Waals surface area (Å²) in [4.78, 5) is 44.0. The van der Waals surface area contributed by atoms with Gasteiger partial charge in [-0.15, -0.1) is 0 Å². The summed E-state index contributed by atoms with van der Waals surface area (Å²) in [6, 6.07) is 3.62. The molecule has 6 heterocycles. The van der Waals surface area contributed by atoms with Crippen LogP contribution in [-0.2, 0) is 20.2 Å². The van der Waals surface area contributed by atoms with Gasteiger partial charge in [-0.05, 0) is 25.5 Å². The van der Waals surface area contributed by atoms with Gasteiger partial charge in [0.15, 0.2) is 5.82 Å². The predicted octanol–water partition coefficient (Wildman–Crippen LogP) is -0.322. The Bertz CT molecular complexity index is 1260. The molecule has 0 spiro atoms. The molecule has 1 amide bonds. The van der Waals surface area contributed by atoms with E-state index in [4.69, 9.17) is 29.5 Å². The van der Waals surface area contributed by atoms with Crippen molar-refractivity contribution < 1.29 is 14.4 Å². The average molecular weight is 580 g/mol. The molecule has 3 saturated heterocycles. The number of nitrogens with zero attached hydrogens (tertiary/aromatic N) is 9. The Morgan fingerprint density at radius 1 is 0.929 bits per heavy atom. The Hall–Kier alpha value is -3.11. The molecule has 226 valence electrons. The standard InChI is InChI=1S/C28H41N11O3/c1-4-27(2)23(24-31-7-5-8-32-24)25(38-16-13-30-21-22(38)40)35(3)28(26-33-9-6-10-34-26,42-37-17-19-41-20-18-37)39(27)36-14-11-29-12-15-36/h5-10,29-30H,4,11-21H2,1-3H3. The van der Waals surface area contributed by atoms with Crippen LogP contribution in [-0.4, -0.2) is 135 Å². The van der Waals surface area contributed by atoms with E-state index in [1.807, 2.05) is 34.0 Å². The molecular formula is C28H41N11O3. The third-order valence-electron chi connectivity index (χ3n) is 8.57. The van der Waals surface area contributed by atoms with Gasteiger partial charge in [0.05, 0.1) is 30.9 Å². The fraction of sp³-hybridized carbons (Fsp3) is 0.607. The maximum atomic E-state index is 13.7. The monoisotopic (exact) mass is 579 g/mol. The van der Waals surface area contributed by atoms with Crippen molar-refractivity contribution in [2.75, 3.05) is 79.2 Å². The quantitative estimate of drug-likeness (QED) is 0.445. The molecule has 4 aliphatic heterocycles. The Morgan fingerprint density at radius 3 is 2.21 bits per heavy atom. The first-order valence-electron chi connectivity index (χ1n) is 14.8. The Labute approximate surface area is 246 Å². The molecule has 2 N–H and O–H groups in total. The number of piperazine rings is 2. The second-order valence-electron chi connectivity index (χ2n) is 11.0. The van der Waals surface area contributed by atoms with E-state index >= 15 is 0 Å². The zero-order valence-corrected chi connectivity index (χ0v) is 24.7. The molecule has 2 aromatic rings. The van der Waals surface area contributed by atoms with E-state index in [1.165, 1.54) is 0 Å². The van der Waals surface area contributed by atoms with Gasteiger partial charge in [0, 0.05) is 84.2 Å². The van der Waals surface area contributed by atoms with Gasteiger partial charge in [-0.25, -0.2) is 29.8 Å². The number of nitrogens with one attached hydrogen (secondary N) is 2. The normalized spacial score (nSPS) is 28.9. The van der Waals surface area contributed by atoms with Gasteiger partial charge < -0.3 is 20.3 Å². The van der Waals surface area contributed by atoms with Crippen molar-refractivity contribution in [2.45, 2.75) is 31.7 Å². The van der Waals surface area contributed by atoms with Crippen LogP contribution in [0.4, 0.5) is 0 Å². The maximum Gasteiger partial charge on any atom is 0.295 e. The van der Waals surface area contributed by atoms with Crippen molar-refractivity contribution in [3.05, 3.63) is 54.4 Å². The van der Waals surface area contributed by atoms with Crippen LogP contribution in [0, 0.1) is 0 Å². The van der Waals surface area contributed by atoms with Crippen LogP contribution in [0.15, 0.2) is 42.7 Å². The van der Waals surface area contributed by atoms with Crippen LogP contribution in [0.25, 0.3) is 5.57 Å². The molecule has 14 nitrogen and oxygen atoms in total. The molecule has 3 fully saturated rings. The molecule has 4 aliphatic rings. The highest BCUT2D eigenvalue weighted by molar-refractivity contribution is 5.84. The Kier molecular flexibility index (Phi) is 8.45. The average Bonchev–Trinajstić information content (AvgIpc) is 3.04. The van der Waals surface area contributed by atoms with E-state index < -0.39 is 11.4 Å². The molecule has 6 rings (SSSR count). The second kappa shape index (κ2) is 12.2. The van der Waals surface area contributed by atoms with Crippen molar-refractivity contribution in [3.63, 3.8) is 0 Å². The highest BCUT2D eigenvalue weighted by Gasteiger charge is 2.64. The molecule has 2 atom stereocenters. The minimum absolute atomic E-state index is 0.0279. The highest BCUT2D eigenvalue weighted by atomic mass is 16.7. The summed E-state index contributed by atoms with van der Waals surface area (Å²) in [5, 5.41) is 13.3. The topological polar surface area (TPSA) is 127 Å². The van der Waals surface area contributed by atoms with E-state index in [1.54, 1.807) is 24.8 Å². The van der Waals surface area contributed by atoms with Crippen LogP contribution in [0.3, 0.4) is 0 Å². The molecule has 0 bridgehead atoms. The summed E-state index contributed by atoms with van der Waals surface area (Å²) in [5.74, 6) is 0.373. The molecule has 2 aromatic heterocycles. The first-order chi connectivity index (χ1) is 20.5. The lowest BCUT2D eigenvalue weighted by Crippen LogP contribution is -2.77. The summed E-state index contributed by atoms with van der Waals surface area (Å²) in [7, 11) is 1.97. The van der Waals surface area contributed by atoms with Crippen LogP contribution < -0.4 is 10.6 Å². The van der Waals surface area contributed by atoms with Crippen molar-refractivity contribution in [1.82, 2.24) is 55.5 Å². The van der Waals surface area contributed by atoms with Gasteiger partial charge >= 0.3 is 0 Å². The molecular weight excluding hydrogens is 538 g/mol. The number of rotatable bonds is 7. The Morgan fingerprint density at radius 2 is 1.57 bits per heavy atom. The maximum absolute atomic E-state index is 13.7. The van der Waals surface area contributed by atoms with Crippen LogP contribution in [0.1, 0.15) is 31.9 Å². The number of morpholine rings is 1. The van der Waals surface area contributed by atoms with E-state index in [0.29, 0.717) is 63.3 Å². The Balaban J connectivity index is 1.67. The van der Waals surface area contributed by atoms with Gasteiger partial charge in [-0.2, -0.15) is 10.1 Å². The van der Waals surface area contributed by atoms with E-state index in [2.05, 4.69) is 34.5 Å². The molecule has 2 unspecified atom stereocenters. The highest BCUT2D eigenvalue weighted by Crippen LogP contribution is 2.52. The number of ether oxygens (including phenoxy) is 1. The fourth-order valence-corrected chi connectivity index (χ4v) is 6.40. The van der Waals surface area contributed by atoms with Crippen molar-refractivity contribution in [3.8, 4) is 0 Å². The van der Waals surface area contributed by atoms with Gasteiger partial charge in [0.25, 0.3) is 5.85 Å². The summed E-state index contributed by atoms with van der Waals surface area (Å²) >= 11 is 0. The summed E-state index contributed by atoms with van der Waals surface area (Å²) < 4.78 is 5.68. The van der Waals surface area contributed by atoms with Gasteiger partial charge in [0.1, 0.15) is 5.82 Å². The lowest BCUT2D eigenvalue weighted by Gasteiger charge is -2.63. The fourth-order valence-electron chi connectivity index (χ4n) is 6.40. The largest absolute Gasteiger partial charge is 0.379 e. The SMILES string of the molecule is CCC1(C)C(c2ncccn2)=C(N2CCNCC2=O)N(C)C(ON2CCOCC2)(c2ncccn2)N1N1CCNCC1. The number of carbonyl (C=O) groups is 1. The molecule has 0 saturated carbocycles. The number of hydrazine groups is 1. The second-order valence-corrected chi connectivity index (χ2v) is 11.0. The van der Waals surface area contributed by atoms with E-state index in [9.17, 15) is 4.79 Å². The molecule has 14 heteroatoms. The third kappa shape index (κ3) is 4.96. The number of amides is 1. The molecule has 0 radical (unpaired) electrons. The summed E-state index contributed by atoms with van der Waals surface area (Å²) in [6.07, 6.45) is 7.67. The zero-order valence-electron chi connectivity index (χ0n) is 24.7. The van der Waals surface area contributed by atoms with Gasteiger partial charge in [0.2, 0.25) is 11.7 Å². The minimum atomic E-state index is -1.35. The van der Waals surface area contributed by atoms with Gasteiger partial charge in [-0.1, -0.05) is 6.92 Å². The first-order valence-corrected chi connectivity index (χ1v) is 14.8. The number of carbonyl (C=O) groups excluding carboxylic acids is 1. The third-order valence-corrected chi connectivity index (χ3v) is 8.57. The molecule has 42 heavy (non-hydrogen) atoms. The first kappa shape index (κ1) is 29.0. The molecule has 0 aromatic carbocycles. The van der Waals surface area contributed by atoms with Crippen LogP contribution >= 0.6 is 0 Å². The summed E-state index contributed by atoms with van der Waals surface area (Å²) in [5.41, 5.74) is 0.121. The van der Waals surface area contributed by atoms with Gasteiger partial charge in [-0.3, -0.25) is 9.69 Å². The lowest BCUT2D eigenvalue weighted by atomic mass is 9.82. The number of hydroxylamine groups is 2. The lowest BCUT2D eigenvalue weighted by molar-refractivity contribution is -0.419. The number of hydrogen-bond donors (Lipinski definition) is 2.